The Hall–Kier alpha value is -2.59. The largest absolute Gasteiger partial charge is 0.508 e. The molecular weight excluding hydrogens is 348 g/mol. The van der Waals surface area contributed by atoms with E-state index in [9.17, 15) is 5.11 Å². The molecule has 1 fully saturated rings. The van der Waals surface area contributed by atoms with Crippen molar-refractivity contribution in [3.8, 4) is 11.5 Å². The molecule has 28 heavy (non-hydrogen) atoms. The summed E-state index contributed by atoms with van der Waals surface area (Å²) in [4.78, 5) is 7.51. The molecule has 1 N–H and O–H groups in total. The minimum Gasteiger partial charge on any atom is -0.508 e. The lowest BCUT2D eigenvalue weighted by Gasteiger charge is -2.50. The molecule has 4 heteroatoms. The van der Waals surface area contributed by atoms with Crippen molar-refractivity contribution in [1.29, 1.82) is 0 Å². The SMILES string of the molecule is COc1cccc2nc3c(cc12)C[C@H]1CN(C)CC[C@@]1(c1cccc(O)c1)C3. The molecule has 1 saturated heterocycles. The zero-order chi connectivity index (χ0) is 19.3. The highest BCUT2D eigenvalue weighted by Crippen LogP contribution is 2.48. The van der Waals surface area contributed by atoms with E-state index in [0.29, 0.717) is 11.7 Å². The van der Waals surface area contributed by atoms with Gasteiger partial charge in [0.15, 0.2) is 0 Å². The van der Waals surface area contributed by atoms with Crippen LogP contribution in [0.15, 0.2) is 48.5 Å². The molecule has 2 aromatic carbocycles. The number of methoxy groups -OCH3 is 1. The number of benzene rings is 2. The Balaban J connectivity index is 1.67. The number of rotatable bonds is 2. The highest BCUT2D eigenvalue weighted by atomic mass is 16.5. The molecule has 0 spiro atoms. The summed E-state index contributed by atoms with van der Waals surface area (Å²) < 4.78 is 5.57. The lowest BCUT2D eigenvalue weighted by atomic mass is 9.58. The molecule has 2 heterocycles. The van der Waals surface area contributed by atoms with E-state index in [4.69, 9.17) is 9.72 Å². The number of phenolic OH excluding ortho intramolecular Hbond substituents is 1. The number of aromatic nitrogens is 1. The fraction of sp³-hybridized carbons (Fsp3) is 0.375. The molecule has 0 bridgehead atoms. The van der Waals surface area contributed by atoms with Crippen LogP contribution < -0.4 is 4.74 Å². The van der Waals surface area contributed by atoms with Crippen molar-refractivity contribution in [2.45, 2.75) is 24.7 Å². The van der Waals surface area contributed by atoms with E-state index < -0.39 is 0 Å². The lowest BCUT2D eigenvalue weighted by Crippen LogP contribution is -2.53. The second-order valence-corrected chi connectivity index (χ2v) is 8.42. The zero-order valence-corrected chi connectivity index (χ0v) is 16.5. The maximum atomic E-state index is 10.1. The number of pyridine rings is 1. The summed E-state index contributed by atoms with van der Waals surface area (Å²) in [6.45, 7) is 2.14. The number of hydrogen-bond acceptors (Lipinski definition) is 4. The Morgan fingerprint density at radius 3 is 2.86 bits per heavy atom. The van der Waals surface area contributed by atoms with Gasteiger partial charge in [0.05, 0.1) is 12.6 Å². The van der Waals surface area contributed by atoms with Crippen molar-refractivity contribution >= 4 is 10.9 Å². The minimum absolute atomic E-state index is 0.0395. The number of hydrogen-bond donors (Lipinski definition) is 1. The highest BCUT2D eigenvalue weighted by Gasteiger charge is 2.47. The molecule has 0 amide bonds. The molecule has 4 nitrogen and oxygen atoms in total. The molecule has 3 aromatic rings. The standard InChI is InChI=1S/C24H26N2O2/c1-26-10-9-24(17-5-3-6-19(27)13-17)14-22-16(11-18(24)15-26)12-20-21(25-22)7-4-8-23(20)28-2/h3-8,12-13,18,27H,9-11,14-15H2,1-2H3/t18-,24-/m0/s1. The molecule has 0 unspecified atom stereocenters. The van der Waals surface area contributed by atoms with Gasteiger partial charge in [-0.2, -0.15) is 0 Å². The van der Waals surface area contributed by atoms with E-state index in [0.717, 1.165) is 49.0 Å². The maximum Gasteiger partial charge on any atom is 0.128 e. The first-order valence-corrected chi connectivity index (χ1v) is 10.0. The van der Waals surface area contributed by atoms with Gasteiger partial charge in [0.2, 0.25) is 0 Å². The molecule has 5 rings (SSSR count). The summed E-state index contributed by atoms with van der Waals surface area (Å²) in [5.41, 5.74) is 4.83. The number of likely N-dealkylation sites (tertiary alicyclic amines) is 1. The molecule has 2 aliphatic rings. The molecule has 144 valence electrons. The van der Waals surface area contributed by atoms with Gasteiger partial charge in [-0.15, -0.1) is 0 Å². The summed E-state index contributed by atoms with van der Waals surface area (Å²) >= 11 is 0. The van der Waals surface area contributed by atoms with E-state index in [2.05, 4.69) is 30.1 Å². The third-order valence-corrected chi connectivity index (χ3v) is 6.83. The average Bonchev–Trinajstić information content (AvgIpc) is 2.70. The Morgan fingerprint density at radius 1 is 1.18 bits per heavy atom. The summed E-state index contributed by atoms with van der Waals surface area (Å²) in [6, 6.07) is 16.3. The van der Waals surface area contributed by atoms with Crippen molar-refractivity contribution in [1.82, 2.24) is 9.88 Å². The van der Waals surface area contributed by atoms with Crippen LogP contribution in [0, 0.1) is 5.92 Å². The van der Waals surface area contributed by atoms with E-state index in [1.165, 1.54) is 16.8 Å². The molecule has 1 aliphatic carbocycles. The summed E-state index contributed by atoms with van der Waals surface area (Å²) in [7, 11) is 3.93. The lowest BCUT2D eigenvalue weighted by molar-refractivity contribution is 0.0987. The fourth-order valence-corrected chi connectivity index (χ4v) is 5.35. The first kappa shape index (κ1) is 17.5. The highest BCUT2D eigenvalue weighted by molar-refractivity contribution is 5.86. The van der Waals surface area contributed by atoms with Gasteiger partial charge in [0.25, 0.3) is 0 Å². The van der Waals surface area contributed by atoms with Crippen molar-refractivity contribution < 1.29 is 9.84 Å². The van der Waals surface area contributed by atoms with Crippen molar-refractivity contribution in [3.05, 3.63) is 65.4 Å². The molecule has 1 aliphatic heterocycles. The van der Waals surface area contributed by atoms with Crippen LogP contribution in [-0.4, -0.2) is 42.2 Å². The monoisotopic (exact) mass is 374 g/mol. The van der Waals surface area contributed by atoms with Crippen molar-refractivity contribution in [2.24, 2.45) is 5.92 Å². The smallest absolute Gasteiger partial charge is 0.128 e. The van der Waals surface area contributed by atoms with E-state index in [1.807, 2.05) is 24.3 Å². The van der Waals surface area contributed by atoms with Gasteiger partial charge in [0.1, 0.15) is 11.5 Å². The normalized spacial score (nSPS) is 24.6. The molecule has 2 atom stereocenters. The van der Waals surface area contributed by atoms with Crippen LogP contribution in [0.2, 0.25) is 0 Å². The Bertz CT molecular complexity index is 1050. The Kier molecular flexibility index (Phi) is 4.06. The van der Waals surface area contributed by atoms with Crippen LogP contribution in [-0.2, 0) is 18.3 Å². The zero-order valence-electron chi connectivity index (χ0n) is 16.5. The second-order valence-electron chi connectivity index (χ2n) is 8.42. The average molecular weight is 374 g/mol. The molecule has 1 aromatic heterocycles. The van der Waals surface area contributed by atoms with Crippen molar-refractivity contribution in [2.75, 3.05) is 27.2 Å². The van der Waals surface area contributed by atoms with Crippen LogP contribution in [0.1, 0.15) is 23.2 Å². The quantitative estimate of drug-likeness (QED) is 0.738. The fourth-order valence-electron chi connectivity index (χ4n) is 5.35. The number of aromatic hydroxyl groups is 1. The maximum absolute atomic E-state index is 10.1. The van der Waals surface area contributed by atoms with E-state index in [1.54, 1.807) is 13.2 Å². The summed E-state index contributed by atoms with van der Waals surface area (Å²) in [5.74, 6) is 1.75. The Labute approximate surface area is 165 Å². The first-order valence-electron chi connectivity index (χ1n) is 10.0. The third kappa shape index (κ3) is 2.67. The van der Waals surface area contributed by atoms with Crippen LogP contribution in [0.25, 0.3) is 10.9 Å². The minimum atomic E-state index is 0.0395. The predicted octanol–water partition coefficient (Wildman–Crippen LogP) is 3.94. The number of phenols is 1. The van der Waals surface area contributed by atoms with Crippen molar-refractivity contribution in [3.63, 3.8) is 0 Å². The van der Waals surface area contributed by atoms with Crippen LogP contribution in [0.4, 0.5) is 0 Å². The topological polar surface area (TPSA) is 45.6 Å². The van der Waals surface area contributed by atoms with Crippen LogP contribution in [0.3, 0.4) is 0 Å². The Morgan fingerprint density at radius 2 is 2.04 bits per heavy atom. The predicted molar refractivity (Wildman–Crippen MR) is 111 cm³/mol. The van der Waals surface area contributed by atoms with Gasteiger partial charge < -0.3 is 14.7 Å². The van der Waals surface area contributed by atoms with Gasteiger partial charge in [-0.05, 0) is 73.8 Å². The van der Waals surface area contributed by atoms with Gasteiger partial charge in [-0.1, -0.05) is 18.2 Å². The molecular formula is C24H26N2O2. The molecule has 0 saturated carbocycles. The van der Waals surface area contributed by atoms with Crippen LogP contribution in [0.5, 0.6) is 11.5 Å². The van der Waals surface area contributed by atoms with Gasteiger partial charge >= 0.3 is 0 Å². The van der Waals surface area contributed by atoms with Gasteiger partial charge in [-0.25, -0.2) is 0 Å². The summed E-state index contributed by atoms with van der Waals surface area (Å²) in [5, 5.41) is 11.2. The number of nitrogens with zero attached hydrogens (tertiary/aromatic N) is 2. The second kappa shape index (κ2) is 6.49. The van der Waals surface area contributed by atoms with E-state index in [-0.39, 0.29) is 5.41 Å². The van der Waals surface area contributed by atoms with Gasteiger partial charge in [0, 0.05) is 29.5 Å². The first-order chi connectivity index (χ1) is 13.6. The number of fused-ring (bicyclic) bond motifs is 3. The molecule has 0 radical (unpaired) electrons. The number of piperidine rings is 1. The third-order valence-electron chi connectivity index (χ3n) is 6.83. The summed E-state index contributed by atoms with van der Waals surface area (Å²) in [6.07, 6.45) is 3.03. The van der Waals surface area contributed by atoms with E-state index >= 15 is 0 Å². The van der Waals surface area contributed by atoms with Gasteiger partial charge in [-0.3, -0.25) is 4.98 Å². The van der Waals surface area contributed by atoms with Crippen LogP contribution >= 0.6 is 0 Å². The number of ether oxygens (including phenoxy) is 1.